The molecule has 2 aromatic carbocycles. The van der Waals surface area contributed by atoms with Crippen LogP contribution in [0.25, 0.3) is 0 Å². The number of aryl methyl sites for hydroxylation is 1. The standard InChI is InChI=1S/C20H23ClN4OS/c1-15-6-2-4-8-17(15)23-20(27)25-12-10-24(11-13-25)14-19(26)22-18-9-5-3-7-16(18)21/h2-9H,10-14H2,1H3,(H,22,26)(H,23,27). The fourth-order valence-electron chi connectivity index (χ4n) is 2.97. The SMILES string of the molecule is Cc1ccccc1NC(=S)N1CCN(CC(=O)Nc2ccccc2Cl)CC1. The van der Waals surface area contributed by atoms with Gasteiger partial charge in [0.25, 0.3) is 0 Å². The van der Waals surface area contributed by atoms with Gasteiger partial charge in [-0.05, 0) is 42.9 Å². The lowest BCUT2D eigenvalue weighted by Gasteiger charge is -2.36. The maximum absolute atomic E-state index is 12.3. The second kappa shape index (κ2) is 9.17. The quantitative estimate of drug-likeness (QED) is 0.765. The molecule has 0 aromatic heterocycles. The van der Waals surface area contributed by atoms with E-state index in [9.17, 15) is 4.79 Å². The molecule has 3 rings (SSSR count). The van der Waals surface area contributed by atoms with Crippen LogP contribution >= 0.6 is 23.8 Å². The van der Waals surface area contributed by atoms with Gasteiger partial charge in [-0.3, -0.25) is 9.69 Å². The average Bonchev–Trinajstić information content (AvgIpc) is 2.66. The van der Waals surface area contributed by atoms with Gasteiger partial charge in [0.05, 0.1) is 17.3 Å². The number of hydrogen-bond donors (Lipinski definition) is 2. The Balaban J connectivity index is 1.46. The maximum Gasteiger partial charge on any atom is 0.238 e. The molecule has 1 saturated heterocycles. The molecule has 2 aromatic rings. The van der Waals surface area contributed by atoms with E-state index in [1.807, 2.05) is 30.3 Å². The molecule has 0 radical (unpaired) electrons. The van der Waals surface area contributed by atoms with Gasteiger partial charge < -0.3 is 15.5 Å². The Kier molecular flexibility index (Phi) is 6.66. The first-order chi connectivity index (χ1) is 13.0. The van der Waals surface area contributed by atoms with Crippen molar-refractivity contribution in [1.82, 2.24) is 9.80 Å². The van der Waals surface area contributed by atoms with Gasteiger partial charge in [0.1, 0.15) is 0 Å². The first-order valence-corrected chi connectivity index (χ1v) is 9.70. The number of benzene rings is 2. The number of carbonyl (C=O) groups excluding carboxylic acids is 1. The number of piperazine rings is 1. The molecule has 0 aliphatic carbocycles. The predicted molar refractivity (Wildman–Crippen MR) is 115 cm³/mol. The third-order valence-corrected chi connectivity index (χ3v) is 5.25. The Morgan fingerprint density at radius 1 is 1.00 bits per heavy atom. The first-order valence-electron chi connectivity index (χ1n) is 8.91. The number of rotatable bonds is 4. The monoisotopic (exact) mass is 402 g/mol. The molecule has 1 aliphatic heterocycles. The van der Waals surface area contributed by atoms with E-state index in [1.165, 1.54) is 0 Å². The number of thiocarbonyl (C=S) groups is 1. The Hall–Kier alpha value is -2.15. The molecule has 0 unspecified atom stereocenters. The maximum atomic E-state index is 12.3. The summed E-state index contributed by atoms with van der Waals surface area (Å²) in [4.78, 5) is 16.5. The Labute approximate surface area is 170 Å². The van der Waals surface area contributed by atoms with Crippen molar-refractivity contribution in [3.63, 3.8) is 0 Å². The van der Waals surface area contributed by atoms with E-state index in [2.05, 4.69) is 33.4 Å². The molecule has 7 heteroatoms. The summed E-state index contributed by atoms with van der Waals surface area (Å²) in [5, 5.41) is 7.46. The van der Waals surface area contributed by atoms with Crippen LogP contribution in [0.2, 0.25) is 5.02 Å². The first kappa shape index (κ1) is 19.6. The Bertz CT molecular complexity index is 821. The summed E-state index contributed by atoms with van der Waals surface area (Å²) in [6, 6.07) is 15.3. The van der Waals surface area contributed by atoms with Crippen molar-refractivity contribution in [2.75, 3.05) is 43.4 Å². The van der Waals surface area contributed by atoms with Gasteiger partial charge in [0, 0.05) is 31.9 Å². The Morgan fingerprint density at radius 3 is 2.30 bits per heavy atom. The lowest BCUT2D eigenvalue weighted by molar-refractivity contribution is -0.117. The second-order valence-electron chi connectivity index (χ2n) is 6.54. The van der Waals surface area contributed by atoms with Crippen LogP contribution in [0.4, 0.5) is 11.4 Å². The zero-order valence-electron chi connectivity index (χ0n) is 15.2. The van der Waals surface area contributed by atoms with Gasteiger partial charge in [-0.15, -0.1) is 0 Å². The topological polar surface area (TPSA) is 47.6 Å². The van der Waals surface area contributed by atoms with Gasteiger partial charge in [-0.2, -0.15) is 0 Å². The summed E-state index contributed by atoms with van der Waals surface area (Å²) in [5.41, 5.74) is 2.84. The summed E-state index contributed by atoms with van der Waals surface area (Å²) in [6.07, 6.45) is 0. The van der Waals surface area contributed by atoms with Crippen molar-refractivity contribution in [1.29, 1.82) is 0 Å². The number of hydrogen-bond acceptors (Lipinski definition) is 3. The van der Waals surface area contributed by atoms with Gasteiger partial charge in [0.15, 0.2) is 5.11 Å². The van der Waals surface area contributed by atoms with E-state index in [-0.39, 0.29) is 5.91 Å². The molecule has 1 amide bonds. The van der Waals surface area contributed by atoms with Crippen molar-refractivity contribution in [2.24, 2.45) is 0 Å². The number of carbonyl (C=O) groups is 1. The molecule has 1 fully saturated rings. The summed E-state index contributed by atoms with van der Waals surface area (Å²) in [6.45, 7) is 5.54. The molecule has 142 valence electrons. The largest absolute Gasteiger partial charge is 0.346 e. The smallest absolute Gasteiger partial charge is 0.238 e. The highest BCUT2D eigenvalue weighted by atomic mass is 35.5. The van der Waals surface area contributed by atoms with Crippen LogP contribution in [0.5, 0.6) is 0 Å². The minimum absolute atomic E-state index is 0.0582. The lowest BCUT2D eigenvalue weighted by atomic mass is 10.2. The molecule has 0 saturated carbocycles. The van der Waals surface area contributed by atoms with E-state index in [0.29, 0.717) is 17.3 Å². The summed E-state index contributed by atoms with van der Waals surface area (Å²) < 4.78 is 0. The predicted octanol–water partition coefficient (Wildman–Crippen LogP) is 3.60. The normalized spacial score (nSPS) is 14.7. The van der Waals surface area contributed by atoms with Crippen LogP contribution in [0, 0.1) is 6.92 Å². The molecule has 0 spiro atoms. The highest BCUT2D eigenvalue weighted by Crippen LogP contribution is 2.20. The highest BCUT2D eigenvalue weighted by Gasteiger charge is 2.21. The number of anilines is 2. The fourth-order valence-corrected chi connectivity index (χ4v) is 3.45. The molecule has 2 N–H and O–H groups in total. The number of nitrogens with zero attached hydrogens (tertiary/aromatic N) is 2. The third-order valence-electron chi connectivity index (χ3n) is 4.56. The van der Waals surface area contributed by atoms with E-state index in [0.717, 1.165) is 42.5 Å². The van der Waals surface area contributed by atoms with Gasteiger partial charge in [0.2, 0.25) is 5.91 Å². The fraction of sp³-hybridized carbons (Fsp3) is 0.300. The minimum Gasteiger partial charge on any atom is -0.346 e. The van der Waals surface area contributed by atoms with Crippen LogP contribution in [0.3, 0.4) is 0 Å². The number of amides is 1. The summed E-state index contributed by atoms with van der Waals surface area (Å²) >= 11 is 11.6. The van der Waals surface area contributed by atoms with Gasteiger partial charge in [-0.1, -0.05) is 41.9 Å². The molecule has 1 aliphatic rings. The minimum atomic E-state index is -0.0582. The molecular formula is C20H23ClN4OS. The molecule has 0 bridgehead atoms. The van der Waals surface area contributed by atoms with Crippen molar-refractivity contribution in [2.45, 2.75) is 6.92 Å². The molecule has 0 atom stereocenters. The molecule has 27 heavy (non-hydrogen) atoms. The van der Waals surface area contributed by atoms with Crippen LogP contribution in [-0.2, 0) is 4.79 Å². The number of halogens is 1. The van der Waals surface area contributed by atoms with Crippen LogP contribution in [0.15, 0.2) is 48.5 Å². The second-order valence-corrected chi connectivity index (χ2v) is 7.33. The van der Waals surface area contributed by atoms with Gasteiger partial charge >= 0.3 is 0 Å². The van der Waals surface area contributed by atoms with Crippen LogP contribution in [0.1, 0.15) is 5.56 Å². The summed E-state index contributed by atoms with van der Waals surface area (Å²) in [5.74, 6) is -0.0582. The Morgan fingerprint density at radius 2 is 1.63 bits per heavy atom. The van der Waals surface area contributed by atoms with Crippen molar-refractivity contribution in [3.8, 4) is 0 Å². The van der Waals surface area contributed by atoms with Gasteiger partial charge in [-0.25, -0.2) is 0 Å². The van der Waals surface area contributed by atoms with Crippen LogP contribution in [-0.4, -0.2) is 53.5 Å². The number of para-hydroxylation sites is 2. The van der Waals surface area contributed by atoms with Crippen LogP contribution < -0.4 is 10.6 Å². The number of nitrogens with one attached hydrogen (secondary N) is 2. The average molecular weight is 403 g/mol. The zero-order valence-corrected chi connectivity index (χ0v) is 16.8. The molecule has 1 heterocycles. The summed E-state index contributed by atoms with van der Waals surface area (Å²) in [7, 11) is 0. The van der Waals surface area contributed by atoms with E-state index < -0.39 is 0 Å². The van der Waals surface area contributed by atoms with E-state index in [1.54, 1.807) is 12.1 Å². The van der Waals surface area contributed by atoms with E-state index >= 15 is 0 Å². The molecule has 5 nitrogen and oxygen atoms in total. The van der Waals surface area contributed by atoms with Crippen molar-refractivity contribution >= 4 is 46.2 Å². The lowest BCUT2D eigenvalue weighted by Crippen LogP contribution is -2.51. The van der Waals surface area contributed by atoms with E-state index in [4.69, 9.17) is 23.8 Å². The molecular weight excluding hydrogens is 380 g/mol. The van der Waals surface area contributed by atoms with Crippen molar-refractivity contribution < 1.29 is 4.79 Å². The third kappa shape index (κ3) is 5.42. The highest BCUT2D eigenvalue weighted by molar-refractivity contribution is 7.80. The zero-order chi connectivity index (χ0) is 19.2. The van der Waals surface area contributed by atoms with Crippen molar-refractivity contribution in [3.05, 3.63) is 59.1 Å².